The molecule has 1 aliphatic heterocycles. The van der Waals surface area contributed by atoms with E-state index in [2.05, 4.69) is 0 Å². The van der Waals surface area contributed by atoms with Crippen LogP contribution in [0.2, 0.25) is 0 Å². The van der Waals surface area contributed by atoms with Crippen LogP contribution in [0.4, 0.5) is 0 Å². The summed E-state index contributed by atoms with van der Waals surface area (Å²) in [5.74, 6) is 0. The molecular formula is C9H18O4. The molecule has 0 radical (unpaired) electrons. The van der Waals surface area contributed by atoms with E-state index in [1.807, 2.05) is 6.92 Å². The van der Waals surface area contributed by atoms with Crippen molar-refractivity contribution in [3.05, 3.63) is 0 Å². The van der Waals surface area contributed by atoms with Crippen LogP contribution in [0, 0.1) is 5.41 Å². The Bertz CT molecular complexity index is 132. The third-order valence-electron chi connectivity index (χ3n) is 2.54. The Balaban J connectivity index is 2.19. The summed E-state index contributed by atoms with van der Waals surface area (Å²) in [4.78, 5) is 0. The monoisotopic (exact) mass is 190 g/mol. The zero-order valence-electron chi connectivity index (χ0n) is 8.03. The molecule has 0 aromatic rings. The molecule has 0 aliphatic carbocycles. The first kappa shape index (κ1) is 10.9. The Morgan fingerprint density at radius 2 is 2.08 bits per heavy atom. The lowest BCUT2D eigenvalue weighted by molar-refractivity contribution is -0.0329. The van der Waals surface area contributed by atoms with Gasteiger partial charge >= 0.3 is 0 Å². The maximum absolute atomic E-state index is 9.09. The van der Waals surface area contributed by atoms with Gasteiger partial charge in [-0.3, -0.25) is 0 Å². The predicted molar refractivity (Wildman–Crippen MR) is 47.5 cm³/mol. The second-order valence-corrected chi connectivity index (χ2v) is 3.64. The zero-order valence-corrected chi connectivity index (χ0v) is 8.03. The molecule has 1 saturated heterocycles. The predicted octanol–water partition coefficient (Wildman–Crippen LogP) is -0.217. The Hall–Kier alpha value is -0.160. The van der Waals surface area contributed by atoms with Crippen molar-refractivity contribution in [2.75, 3.05) is 33.0 Å². The van der Waals surface area contributed by atoms with E-state index in [1.165, 1.54) is 0 Å². The van der Waals surface area contributed by atoms with E-state index in [-0.39, 0.29) is 19.3 Å². The maximum atomic E-state index is 9.09. The molecule has 1 rings (SSSR count). The molecule has 4 nitrogen and oxygen atoms in total. The van der Waals surface area contributed by atoms with Gasteiger partial charge in [-0.1, -0.05) is 6.92 Å². The number of aliphatic hydroxyl groups excluding tert-OH is 2. The first-order valence-electron chi connectivity index (χ1n) is 4.67. The van der Waals surface area contributed by atoms with E-state index in [1.54, 1.807) is 0 Å². The van der Waals surface area contributed by atoms with Crippen molar-refractivity contribution >= 4 is 0 Å². The standard InChI is InChI=1S/C9H18O4/c1-2-9(5-10,6-11)7-12-3-8-4-13-8/h8,10-11H,2-7H2,1H3. The summed E-state index contributed by atoms with van der Waals surface area (Å²) in [5.41, 5.74) is -0.477. The van der Waals surface area contributed by atoms with Crippen LogP contribution in [0.5, 0.6) is 0 Å². The van der Waals surface area contributed by atoms with Crippen molar-refractivity contribution < 1.29 is 19.7 Å². The van der Waals surface area contributed by atoms with Gasteiger partial charge < -0.3 is 19.7 Å². The van der Waals surface area contributed by atoms with Gasteiger partial charge in [0.25, 0.3) is 0 Å². The van der Waals surface area contributed by atoms with Crippen molar-refractivity contribution in [3.8, 4) is 0 Å². The van der Waals surface area contributed by atoms with Gasteiger partial charge in [0.15, 0.2) is 0 Å². The zero-order chi connectivity index (χ0) is 9.73. The molecule has 78 valence electrons. The minimum absolute atomic E-state index is 0.0362. The molecule has 13 heavy (non-hydrogen) atoms. The molecule has 4 heteroatoms. The van der Waals surface area contributed by atoms with Crippen molar-refractivity contribution in [1.29, 1.82) is 0 Å². The van der Waals surface area contributed by atoms with E-state index in [0.717, 1.165) is 6.61 Å². The van der Waals surface area contributed by atoms with Crippen LogP contribution in [0.1, 0.15) is 13.3 Å². The quantitative estimate of drug-likeness (QED) is 0.545. The van der Waals surface area contributed by atoms with Crippen LogP contribution >= 0.6 is 0 Å². The average molecular weight is 190 g/mol. The van der Waals surface area contributed by atoms with Gasteiger partial charge in [-0.2, -0.15) is 0 Å². The summed E-state index contributed by atoms with van der Waals surface area (Å²) in [6.45, 7) is 3.61. The Kier molecular flexibility index (Phi) is 4.12. The van der Waals surface area contributed by atoms with E-state index in [0.29, 0.717) is 19.6 Å². The van der Waals surface area contributed by atoms with Crippen LogP contribution in [-0.4, -0.2) is 49.4 Å². The van der Waals surface area contributed by atoms with Gasteiger partial charge in [-0.15, -0.1) is 0 Å². The van der Waals surface area contributed by atoms with Crippen LogP contribution in [-0.2, 0) is 9.47 Å². The Morgan fingerprint density at radius 3 is 2.46 bits per heavy atom. The van der Waals surface area contributed by atoms with Crippen LogP contribution in [0.15, 0.2) is 0 Å². The number of aliphatic hydroxyl groups is 2. The molecule has 1 heterocycles. The molecular weight excluding hydrogens is 172 g/mol. The highest BCUT2D eigenvalue weighted by Crippen LogP contribution is 2.21. The topological polar surface area (TPSA) is 62.2 Å². The fraction of sp³-hybridized carbons (Fsp3) is 1.00. The largest absolute Gasteiger partial charge is 0.396 e. The summed E-state index contributed by atoms with van der Waals surface area (Å²) < 4.78 is 10.3. The molecule has 0 saturated carbocycles. The van der Waals surface area contributed by atoms with Crippen LogP contribution < -0.4 is 0 Å². The van der Waals surface area contributed by atoms with Crippen molar-refractivity contribution in [2.24, 2.45) is 5.41 Å². The molecule has 0 spiro atoms. The fourth-order valence-electron chi connectivity index (χ4n) is 1.04. The van der Waals surface area contributed by atoms with Crippen LogP contribution in [0.25, 0.3) is 0 Å². The van der Waals surface area contributed by atoms with E-state index < -0.39 is 5.41 Å². The highest BCUT2D eigenvalue weighted by Gasteiger charge is 2.29. The van der Waals surface area contributed by atoms with Crippen molar-refractivity contribution in [2.45, 2.75) is 19.4 Å². The van der Waals surface area contributed by atoms with Gasteiger partial charge in [0.05, 0.1) is 33.0 Å². The average Bonchev–Trinajstić information content (AvgIpc) is 2.97. The summed E-state index contributed by atoms with van der Waals surface area (Å²) in [6, 6.07) is 0. The van der Waals surface area contributed by atoms with Crippen molar-refractivity contribution in [3.63, 3.8) is 0 Å². The summed E-state index contributed by atoms with van der Waals surface area (Å²) in [7, 11) is 0. The van der Waals surface area contributed by atoms with Gasteiger partial charge in [-0.25, -0.2) is 0 Å². The molecule has 0 aromatic carbocycles. The van der Waals surface area contributed by atoms with E-state index in [4.69, 9.17) is 19.7 Å². The molecule has 1 fully saturated rings. The SMILES string of the molecule is CCC(CO)(CO)COCC1CO1. The first-order chi connectivity index (χ1) is 6.26. The summed E-state index contributed by atoms with van der Waals surface area (Å²) >= 11 is 0. The van der Waals surface area contributed by atoms with E-state index >= 15 is 0 Å². The molecule has 0 aromatic heterocycles. The third kappa shape index (κ3) is 3.23. The third-order valence-corrected chi connectivity index (χ3v) is 2.54. The highest BCUT2D eigenvalue weighted by molar-refractivity contribution is 4.76. The van der Waals surface area contributed by atoms with E-state index in [9.17, 15) is 0 Å². The van der Waals surface area contributed by atoms with Gasteiger partial charge in [0.2, 0.25) is 0 Å². The lowest BCUT2D eigenvalue weighted by atomic mass is 9.88. The molecule has 1 atom stereocenters. The second kappa shape index (κ2) is 4.91. The smallest absolute Gasteiger partial charge is 0.104 e. The summed E-state index contributed by atoms with van der Waals surface area (Å²) in [5, 5.41) is 18.2. The van der Waals surface area contributed by atoms with Crippen molar-refractivity contribution in [1.82, 2.24) is 0 Å². The molecule has 2 N–H and O–H groups in total. The summed E-state index contributed by atoms with van der Waals surface area (Å²) in [6.07, 6.45) is 0.956. The Labute approximate surface area is 78.5 Å². The molecule has 1 aliphatic rings. The highest BCUT2D eigenvalue weighted by atomic mass is 16.6. The lowest BCUT2D eigenvalue weighted by Gasteiger charge is -2.27. The number of ether oxygens (including phenoxy) is 2. The van der Waals surface area contributed by atoms with Gasteiger partial charge in [0.1, 0.15) is 6.10 Å². The fourth-order valence-corrected chi connectivity index (χ4v) is 1.04. The number of epoxide rings is 1. The normalized spacial score (nSPS) is 21.9. The van der Waals surface area contributed by atoms with Crippen LogP contribution in [0.3, 0.4) is 0 Å². The minimum atomic E-state index is -0.477. The second-order valence-electron chi connectivity index (χ2n) is 3.64. The minimum Gasteiger partial charge on any atom is -0.396 e. The maximum Gasteiger partial charge on any atom is 0.104 e. The lowest BCUT2D eigenvalue weighted by Crippen LogP contribution is -2.34. The number of hydrogen-bond donors (Lipinski definition) is 2. The molecule has 0 bridgehead atoms. The molecule has 1 unspecified atom stereocenters. The van der Waals surface area contributed by atoms with Gasteiger partial charge in [-0.05, 0) is 6.42 Å². The number of rotatable bonds is 7. The Morgan fingerprint density at radius 1 is 1.46 bits per heavy atom. The molecule has 0 amide bonds. The first-order valence-corrected chi connectivity index (χ1v) is 4.67. The number of hydrogen-bond acceptors (Lipinski definition) is 4. The van der Waals surface area contributed by atoms with Gasteiger partial charge in [0, 0.05) is 5.41 Å².